The zero-order valence-electron chi connectivity index (χ0n) is 29.1. The van der Waals surface area contributed by atoms with Gasteiger partial charge in [0.2, 0.25) is 11.8 Å². The van der Waals surface area contributed by atoms with Gasteiger partial charge in [0.05, 0.1) is 12.2 Å². The molecule has 4 amide bonds. The Morgan fingerprint density at radius 2 is 1.34 bits per heavy atom. The molecule has 1 fully saturated rings. The Hall–Kier alpha value is -4.91. The fraction of sp³-hybridized carbons (Fsp3) is 0.405. The summed E-state index contributed by atoms with van der Waals surface area (Å²) in [6, 6.07) is 22.5. The van der Waals surface area contributed by atoms with Gasteiger partial charge in [-0.05, 0) is 56.0 Å². The average Bonchev–Trinajstić information content (AvgIpc) is 3.29. The van der Waals surface area contributed by atoms with Crippen molar-refractivity contribution in [1.29, 1.82) is 0 Å². The molecule has 0 radical (unpaired) electrons. The van der Waals surface area contributed by atoms with Gasteiger partial charge in [0, 0.05) is 19.4 Å². The minimum absolute atomic E-state index is 0.0701. The Balaban J connectivity index is 1.52. The highest BCUT2D eigenvalue weighted by Gasteiger charge is 2.42. The van der Waals surface area contributed by atoms with Gasteiger partial charge < -0.3 is 20.7 Å². The normalized spacial score (nSPS) is 15.2. The predicted molar refractivity (Wildman–Crippen MR) is 191 cm³/mol. The zero-order chi connectivity index (χ0) is 36.3. The second kappa shape index (κ2) is 17.1. The predicted octanol–water partition coefficient (Wildman–Crippen LogP) is 4.25. The third-order valence-electron chi connectivity index (χ3n) is 7.95. The first kappa shape index (κ1) is 37.9. The summed E-state index contributed by atoms with van der Waals surface area (Å²) in [5, 5.41) is 8.40. The minimum atomic E-state index is -4.11. The number of hydrogen-bond acceptors (Lipinski definition) is 7. The molecule has 12 nitrogen and oxygen atoms in total. The number of benzene rings is 3. The lowest BCUT2D eigenvalue weighted by Gasteiger charge is -2.25. The highest BCUT2D eigenvalue weighted by molar-refractivity contribution is 7.91. The zero-order valence-corrected chi connectivity index (χ0v) is 29.9. The van der Waals surface area contributed by atoms with Crippen molar-refractivity contribution >= 4 is 39.7 Å². The van der Waals surface area contributed by atoms with Crippen LogP contribution in [0, 0.1) is 0 Å². The Bertz CT molecular complexity index is 1710. The van der Waals surface area contributed by atoms with Crippen molar-refractivity contribution in [1.82, 2.24) is 20.3 Å². The van der Waals surface area contributed by atoms with Crippen molar-refractivity contribution in [3.05, 3.63) is 102 Å². The van der Waals surface area contributed by atoms with Gasteiger partial charge in [0.1, 0.15) is 24.2 Å². The molecule has 3 N–H and O–H groups in total. The number of unbranched alkanes of at least 4 members (excludes halogenated alkanes) is 2. The lowest BCUT2D eigenvalue weighted by atomic mass is 10.0. The first-order chi connectivity index (χ1) is 23.8. The molecule has 50 heavy (non-hydrogen) atoms. The molecule has 0 unspecified atom stereocenters. The molecule has 0 bridgehead atoms. The summed E-state index contributed by atoms with van der Waals surface area (Å²) < 4.78 is 34.1. The topological polar surface area (TPSA) is 154 Å². The molecule has 0 saturated carbocycles. The van der Waals surface area contributed by atoms with Crippen LogP contribution in [0.25, 0.3) is 0 Å². The largest absolute Gasteiger partial charge is 0.444 e. The monoisotopic (exact) mass is 705 g/mol. The standard InChI is InChI=1S/C37H47N5O7S/c1-5-6-13-22-38-34(44)31(39-35(45)32(23-27-14-9-7-10-15-27)40-36(46)49-37(2,3)4)24-28-18-20-30(21-19-28)41-26-33(43)42(50(41,47)48)25-29-16-11-8-12-17-29/h7-12,14-21,31-32H,5-6,13,22-26H2,1-4H3,(H,38,44)(H,39,45)(H,40,46)/t31-,32-/m0/s1. The van der Waals surface area contributed by atoms with Crippen LogP contribution in [-0.4, -0.2) is 67.3 Å². The average molecular weight is 706 g/mol. The van der Waals surface area contributed by atoms with Crippen LogP contribution in [0.5, 0.6) is 0 Å². The molecule has 0 aromatic heterocycles. The van der Waals surface area contributed by atoms with Gasteiger partial charge in [-0.3, -0.25) is 14.4 Å². The van der Waals surface area contributed by atoms with E-state index in [-0.39, 0.29) is 25.9 Å². The molecule has 3 aromatic carbocycles. The maximum absolute atomic E-state index is 13.8. The van der Waals surface area contributed by atoms with E-state index in [1.165, 1.54) is 0 Å². The van der Waals surface area contributed by atoms with Gasteiger partial charge in [-0.2, -0.15) is 8.42 Å². The van der Waals surface area contributed by atoms with Gasteiger partial charge in [-0.25, -0.2) is 13.4 Å². The number of carbonyl (C=O) groups excluding carboxylic acids is 4. The molecule has 13 heteroatoms. The van der Waals surface area contributed by atoms with Crippen LogP contribution in [0.1, 0.15) is 63.6 Å². The van der Waals surface area contributed by atoms with E-state index in [1.807, 2.05) is 36.4 Å². The fourth-order valence-electron chi connectivity index (χ4n) is 5.41. The number of amides is 4. The van der Waals surface area contributed by atoms with Crippen molar-refractivity contribution < 1.29 is 32.3 Å². The molecule has 3 aromatic rings. The van der Waals surface area contributed by atoms with Crippen molar-refractivity contribution in [2.45, 2.75) is 84.0 Å². The fourth-order valence-corrected chi connectivity index (χ4v) is 6.94. The summed E-state index contributed by atoms with van der Waals surface area (Å²) in [6.45, 7) is 7.26. The first-order valence-corrected chi connectivity index (χ1v) is 18.2. The molecular formula is C37H47N5O7S. The molecule has 1 heterocycles. The molecule has 1 aliphatic rings. The summed E-state index contributed by atoms with van der Waals surface area (Å²) in [5.41, 5.74) is 1.65. The molecule has 1 saturated heterocycles. The van der Waals surface area contributed by atoms with E-state index in [0.717, 1.165) is 33.4 Å². The van der Waals surface area contributed by atoms with Crippen LogP contribution in [-0.2, 0) is 48.7 Å². The third kappa shape index (κ3) is 10.8. The number of hydrogen-bond donors (Lipinski definition) is 3. The first-order valence-electron chi connectivity index (χ1n) is 16.8. The number of nitrogens with one attached hydrogen (secondary N) is 3. The van der Waals surface area contributed by atoms with Gasteiger partial charge in [-0.15, -0.1) is 0 Å². The number of nitrogens with zero attached hydrogens (tertiary/aromatic N) is 2. The number of anilines is 1. The highest BCUT2D eigenvalue weighted by Crippen LogP contribution is 2.28. The van der Waals surface area contributed by atoms with E-state index in [9.17, 15) is 27.6 Å². The van der Waals surface area contributed by atoms with Crippen molar-refractivity contribution in [2.24, 2.45) is 0 Å². The lowest BCUT2D eigenvalue weighted by Crippen LogP contribution is -2.55. The third-order valence-corrected chi connectivity index (χ3v) is 9.74. The molecule has 2 atom stereocenters. The van der Waals surface area contributed by atoms with Crippen LogP contribution in [0.3, 0.4) is 0 Å². The van der Waals surface area contributed by atoms with Crippen molar-refractivity contribution in [3.63, 3.8) is 0 Å². The summed E-state index contributed by atoms with van der Waals surface area (Å²) >= 11 is 0. The van der Waals surface area contributed by atoms with Crippen molar-refractivity contribution in [3.8, 4) is 0 Å². The van der Waals surface area contributed by atoms with Gasteiger partial charge in [0.25, 0.3) is 5.91 Å². The van der Waals surface area contributed by atoms with E-state index in [1.54, 1.807) is 69.3 Å². The molecule has 1 aliphatic heterocycles. The van der Waals surface area contributed by atoms with E-state index >= 15 is 0 Å². The number of alkyl carbamates (subject to hydrolysis) is 1. The summed E-state index contributed by atoms with van der Waals surface area (Å²) in [4.78, 5) is 52.7. The summed E-state index contributed by atoms with van der Waals surface area (Å²) in [7, 11) is -4.11. The molecule has 4 rings (SSSR count). The van der Waals surface area contributed by atoms with E-state index in [0.29, 0.717) is 23.4 Å². The molecule has 0 aliphatic carbocycles. The number of carbonyl (C=O) groups is 4. The molecule has 268 valence electrons. The van der Waals surface area contributed by atoms with Crippen LogP contribution in [0.2, 0.25) is 0 Å². The SMILES string of the molecule is CCCCCNC(=O)[C@H](Cc1ccc(N2CC(=O)N(Cc3ccccc3)S2(=O)=O)cc1)NC(=O)[C@H](Cc1ccccc1)NC(=O)OC(C)(C)C. The van der Waals surface area contributed by atoms with Crippen LogP contribution in [0.4, 0.5) is 10.5 Å². The quantitative estimate of drug-likeness (QED) is 0.200. The van der Waals surface area contributed by atoms with Crippen LogP contribution >= 0.6 is 0 Å². The van der Waals surface area contributed by atoms with E-state index < -0.39 is 51.7 Å². The van der Waals surface area contributed by atoms with Crippen LogP contribution in [0.15, 0.2) is 84.9 Å². The van der Waals surface area contributed by atoms with E-state index in [2.05, 4.69) is 22.9 Å². The van der Waals surface area contributed by atoms with Gasteiger partial charge in [0.15, 0.2) is 0 Å². The number of rotatable bonds is 15. The summed E-state index contributed by atoms with van der Waals surface area (Å²) in [6.07, 6.45) is 2.17. The van der Waals surface area contributed by atoms with Crippen LogP contribution < -0.4 is 20.3 Å². The maximum Gasteiger partial charge on any atom is 0.408 e. The van der Waals surface area contributed by atoms with Gasteiger partial charge in [-0.1, -0.05) is 92.6 Å². The second-order valence-electron chi connectivity index (χ2n) is 13.2. The Labute approximate surface area is 294 Å². The van der Waals surface area contributed by atoms with Gasteiger partial charge >= 0.3 is 16.3 Å². The maximum atomic E-state index is 13.8. The lowest BCUT2D eigenvalue weighted by molar-refractivity contribution is -0.130. The number of ether oxygens (including phenoxy) is 1. The van der Waals surface area contributed by atoms with E-state index in [4.69, 9.17) is 4.74 Å². The Morgan fingerprint density at radius 3 is 1.92 bits per heavy atom. The van der Waals surface area contributed by atoms with Crippen molar-refractivity contribution in [2.75, 3.05) is 17.4 Å². The highest BCUT2D eigenvalue weighted by atomic mass is 32.2. The smallest absolute Gasteiger partial charge is 0.408 e. The molecular weight excluding hydrogens is 659 g/mol. The summed E-state index contributed by atoms with van der Waals surface area (Å²) in [5.74, 6) is -1.49. The second-order valence-corrected chi connectivity index (χ2v) is 15.0. The Kier molecular flexibility index (Phi) is 13.0. The minimum Gasteiger partial charge on any atom is -0.444 e. The Morgan fingerprint density at radius 1 is 0.780 bits per heavy atom. The molecule has 0 spiro atoms.